The van der Waals surface area contributed by atoms with Gasteiger partial charge in [0.25, 0.3) is 0 Å². The first-order chi connectivity index (χ1) is 13.4. The second kappa shape index (κ2) is 8.57. The number of esters is 2. The molecule has 3 rings (SSSR count). The van der Waals surface area contributed by atoms with E-state index in [1.807, 2.05) is 43.3 Å². The second-order valence-electron chi connectivity index (χ2n) is 7.56. The van der Waals surface area contributed by atoms with Gasteiger partial charge >= 0.3 is 11.9 Å². The third-order valence-corrected chi connectivity index (χ3v) is 5.17. The first-order valence-corrected chi connectivity index (χ1v) is 9.57. The molecule has 1 fully saturated rings. The van der Waals surface area contributed by atoms with Crippen molar-refractivity contribution in [2.75, 3.05) is 6.54 Å². The Morgan fingerprint density at radius 3 is 2.18 bits per heavy atom. The van der Waals surface area contributed by atoms with Gasteiger partial charge in [0, 0.05) is 39.4 Å². The summed E-state index contributed by atoms with van der Waals surface area (Å²) >= 11 is 0. The molecular formula is C23H27NO4. The third-order valence-electron chi connectivity index (χ3n) is 5.17. The second-order valence-corrected chi connectivity index (χ2v) is 7.56. The van der Waals surface area contributed by atoms with Gasteiger partial charge < -0.3 is 9.47 Å². The molecular weight excluding hydrogens is 354 g/mol. The minimum atomic E-state index is -0.905. The van der Waals surface area contributed by atoms with Gasteiger partial charge in [0.05, 0.1) is 0 Å². The molecule has 1 heterocycles. The maximum Gasteiger partial charge on any atom is 0.303 e. The van der Waals surface area contributed by atoms with Crippen LogP contribution in [0.2, 0.25) is 0 Å². The van der Waals surface area contributed by atoms with Crippen LogP contribution in [0.25, 0.3) is 0 Å². The lowest BCUT2D eigenvalue weighted by atomic mass is 9.83. The molecule has 2 aromatic carbocycles. The Labute approximate surface area is 166 Å². The van der Waals surface area contributed by atoms with E-state index in [0.717, 1.165) is 5.56 Å². The predicted octanol–water partition coefficient (Wildman–Crippen LogP) is 3.89. The van der Waals surface area contributed by atoms with E-state index in [1.165, 1.54) is 19.4 Å². The van der Waals surface area contributed by atoms with Crippen LogP contribution in [-0.2, 0) is 25.6 Å². The zero-order chi connectivity index (χ0) is 20.1. The Morgan fingerprint density at radius 2 is 1.61 bits per heavy atom. The summed E-state index contributed by atoms with van der Waals surface area (Å²) in [4.78, 5) is 25.8. The molecule has 148 valence electrons. The highest BCUT2D eigenvalue weighted by Crippen LogP contribution is 2.39. The predicted molar refractivity (Wildman–Crippen MR) is 106 cm³/mol. The number of benzene rings is 2. The summed E-state index contributed by atoms with van der Waals surface area (Å²) in [6, 6.07) is 20.4. The minimum Gasteiger partial charge on any atom is -0.458 e. The third kappa shape index (κ3) is 4.78. The average Bonchev–Trinajstić information content (AvgIpc) is 2.64. The monoisotopic (exact) mass is 381 g/mol. The molecule has 1 aliphatic rings. The van der Waals surface area contributed by atoms with Crippen molar-refractivity contribution < 1.29 is 19.1 Å². The van der Waals surface area contributed by atoms with Crippen molar-refractivity contribution in [2.24, 2.45) is 0 Å². The molecule has 0 amide bonds. The number of hydrogen-bond acceptors (Lipinski definition) is 5. The lowest BCUT2D eigenvalue weighted by Gasteiger charge is -2.48. The van der Waals surface area contributed by atoms with E-state index in [2.05, 4.69) is 29.2 Å². The van der Waals surface area contributed by atoms with Gasteiger partial charge in [-0.25, -0.2) is 0 Å². The van der Waals surface area contributed by atoms with E-state index in [-0.39, 0.29) is 18.0 Å². The Kier molecular flexibility index (Phi) is 6.15. The van der Waals surface area contributed by atoms with Crippen molar-refractivity contribution >= 4 is 11.9 Å². The van der Waals surface area contributed by atoms with Gasteiger partial charge in [-0.15, -0.1) is 0 Å². The molecule has 0 aliphatic carbocycles. The van der Waals surface area contributed by atoms with Crippen molar-refractivity contribution in [1.82, 2.24) is 4.90 Å². The molecule has 5 heteroatoms. The van der Waals surface area contributed by atoms with Crippen molar-refractivity contribution in [1.29, 1.82) is 0 Å². The Morgan fingerprint density at radius 1 is 1.00 bits per heavy atom. The van der Waals surface area contributed by atoms with Crippen LogP contribution in [0.5, 0.6) is 0 Å². The summed E-state index contributed by atoms with van der Waals surface area (Å²) in [5.41, 5.74) is 1.43. The Bertz CT molecular complexity index is 808. The summed E-state index contributed by atoms with van der Waals surface area (Å²) in [7, 11) is 0. The minimum absolute atomic E-state index is 0.0504. The molecule has 3 atom stereocenters. The summed E-state index contributed by atoms with van der Waals surface area (Å²) in [6.45, 7) is 5.81. The van der Waals surface area contributed by atoms with Crippen LogP contribution in [0.15, 0.2) is 60.7 Å². The number of rotatable bonds is 5. The summed E-state index contributed by atoms with van der Waals surface area (Å²) in [6.07, 6.45) is 0.0475. The highest BCUT2D eigenvalue weighted by molar-refractivity contribution is 5.68. The normalized spacial score (nSPS) is 25.1. The fourth-order valence-corrected chi connectivity index (χ4v) is 4.02. The van der Waals surface area contributed by atoms with Gasteiger partial charge in [0.1, 0.15) is 6.10 Å². The van der Waals surface area contributed by atoms with E-state index in [9.17, 15) is 9.59 Å². The number of piperidine rings is 1. The first kappa shape index (κ1) is 20.1. The van der Waals surface area contributed by atoms with Crippen LogP contribution in [0, 0.1) is 0 Å². The molecule has 1 saturated heterocycles. The van der Waals surface area contributed by atoms with Crippen molar-refractivity contribution in [2.45, 2.75) is 51.5 Å². The first-order valence-electron chi connectivity index (χ1n) is 9.57. The SMILES string of the molecule is CC(=O)O[C@H]1C[C@@H](c2ccccc2)N(Cc2ccccc2)C[C@@]1(C)OC(C)=O. The van der Waals surface area contributed by atoms with Crippen molar-refractivity contribution in [3.05, 3.63) is 71.8 Å². The number of nitrogens with zero attached hydrogens (tertiary/aromatic N) is 1. The van der Waals surface area contributed by atoms with Crippen LogP contribution < -0.4 is 0 Å². The molecule has 0 radical (unpaired) electrons. The van der Waals surface area contributed by atoms with Gasteiger partial charge in [-0.2, -0.15) is 0 Å². The van der Waals surface area contributed by atoms with Gasteiger partial charge in [-0.05, 0) is 18.1 Å². The molecule has 0 bridgehead atoms. The van der Waals surface area contributed by atoms with Crippen LogP contribution in [0.3, 0.4) is 0 Å². The number of carbonyl (C=O) groups excluding carboxylic acids is 2. The highest BCUT2D eigenvalue weighted by Gasteiger charge is 2.48. The number of likely N-dealkylation sites (tertiary alicyclic amines) is 1. The van der Waals surface area contributed by atoms with E-state index >= 15 is 0 Å². The van der Waals surface area contributed by atoms with Gasteiger partial charge in [0.2, 0.25) is 0 Å². The van der Waals surface area contributed by atoms with E-state index in [4.69, 9.17) is 9.47 Å². The highest BCUT2D eigenvalue weighted by atomic mass is 16.6. The fraction of sp³-hybridized carbons (Fsp3) is 0.391. The molecule has 0 aromatic heterocycles. The van der Waals surface area contributed by atoms with E-state index in [1.54, 1.807) is 0 Å². The molecule has 5 nitrogen and oxygen atoms in total. The molecule has 1 aliphatic heterocycles. The molecule has 0 saturated carbocycles. The number of carbonyl (C=O) groups is 2. The van der Waals surface area contributed by atoms with Gasteiger partial charge in [-0.3, -0.25) is 14.5 Å². The maximum absolute atomic E-state index is 11.8. The quantitative estimate of drug-likeness (QED) is 0.736. The largest absolute Gasteiger partial charge is 0.458 e. The lowest BCUT2D eigenvalue weighted by Crippen LogP contribution is -2.59. The van der Waals surface area contributed by atoms with Gasteiger partial charge in [-0.1, -0.05) is 60.7 Å². The summed E-state index contributed by atoms with van der Waals surface area (Å²) in [5, 5.41) is 0. The van der Waals surface area contributed by atoms with Crippen LogP contribution in [0.1, 0.15) is 44.4 Å². The molecule has 0 unspecified atom stereocenters. The van der Waals surface area contributed by atoms with Crippen LogP contribution >= 0.6 is 0 Å². The number of hydrogen-bond donors (Lipinski definition) is 0. The standard InChI is InChI=1S/C23H27NO4/c1-17(25)27-22-14-21(20-12-8-5-9-13-20)24(15-19-10-6-4-7-11-19)16-23(22,3)28-18(2)26/h4-13,21-22H,14-16H2,1-3H3/t21-,22-,23+/m0/s1. The van der Waals surface area contributed by atoms with Crippen LogP contribution in [-0.4, -0.2) is 35.1 Å². The molecule has 28 heavy (non-hydrogen) atoms. The van der Waals surface area contributed by atoms with Crippen molar-refractivity contribution in [3.63, 3.8) is 0 Å². The summed E-state index contributed by atoms with van der Waals surface area (Å²) in [5.74, 6) is -0.746. The molecule has 0 N–H and O–H groups in total. The topological polar surface area (TPSA) is 55.8 Å². The van der Waals surface area contributed by atoms with Crippen LogP contribution in [0.4, 0.5) is 0 Å². The van der Waals surface area contributed by atoms with E-state index in [0.29, 0.717) is 19.5 Å². The Balaban J connectivity index is 1.95. The zero-order valence-electron chi connectivity index (χ0n) is 16.6. The fourth-order valence-electron chi connectivity index (χ4n) is 4.02. The van der Waals surface area contributed by atoms with E-state index < -0.39 is 11.7 Å². The average molecular weight is 381 g/mol. The summed E-state index contributed by atoms with van der Waals surface area (Å²) < 4.78 is 11.3. The Hall–Kier alpha value is -2.66. The maximum atomic E-state index is 11.8. The smallest absolute Gasteiger partial charge is 0.303 e. The lowest BCUT2D eigenvalue weighted by molar-refractivity contribution is -0.198. The van der Waals surface area contributed by atoms with Crippen molar-refractivity contribution in [3.8, 4) is 0 Å². The van der Waals surface area contributed by atoms with Gasteiger partial charge in [0.15, 0.2) is 5.60 Å². The molecule has 0 spiro atoms. The number of ether oxygens (including phenoxy) is 2. The zero-order valence-corrected chi connectivity index (χ0v) is 16.6. The molecule has 2 aromatic rings.